The van der Waals surface area contributed by atoms with Crippen LogP contribution >= 0.6 is 0 Å². The molecule has 1 rings (SSSR count). The Balaban J connectivity index is 2.75. The molecule has 0 amide bonds. The van der Waals surface area contributed by atoms with Gasteiger partial charge < -0.3 is 5.73 Å². The standard InChI is InChI=1S/C7H10FN/c1-5-2-3-6(8)7(9)4-5/h3-5H,2,9H2,1H3. The van der Waals surface area contributed by atoms with Crippen molar-refractivity contribution < 1.29 is 4.39 Å². The van der Waals surface area contributed by atoms with Gasteiger partial charge in [0.2, 0.25) is 0 Å². The van der Waals surface area contributed by atoms with Gasteiger partial charge in [0, 0.05) is 0 Å². The van der Waals surface area contributed by atoms with Gasteiger partial charge in [0.1, 0.15) is 5.83 Å². The second-order valence-electron chi connectivity index (χ2n) is 2.39. The maximum absolute atomic E-state index is 12.4. The molecule has 0 aromatic rings. The first-order valence-corrected chi connectivity index (χ1v) is 3.03. The van der Waals surface area contributed by atoms with Crippen LogP contribution in [0.2, 0.25) is 0 Å². The average Bonchev–Trinajstić information content (AvgIpc) is 1.80. The molecule has 9 heavy (non-hydrogen) atoms. The lowest BCUT2D eigenvalue weighted by Crippen LogP contribution is -2.05. The molecule has 0 aromatic carbocycles. The van der Waals surface area contributed by atoms with E-state index in [0.29, 0.717) is 5.92 Å². The predicted molar refractivity (Wildman–Crippen MR) is 35.2 cm³/mol. The third-order valence-electron chi connectivity index (χ3n) is 1.41. The largest absolute Gasteiger partial charge is 0.397 e. The molecular weight excluding hydrogens is 117 g/mol. The van der Waals surface area contributed by atoms with Gasteiger partial charge in [-0.1, -0.05) is 13.0 Å². The van der Waals surface area contributed by atoms with Crippen LogP contribution in [-0.2, 0) is 0 Å². The minimum absolute atomic E-state index is 0.270. The highest BCUT2D eigenvalue weighted by Crippen LogP contribution is 2.19. The number of allylic oxidation sites excluding steroid dienone is 3. The van der Waals surface area contributed by atoms with Crippen molar-refractivity contribution in [3.63, 3.8) is 0 Å². The van der Waals surface area contributed by atoms with E-state index >= 15 is 0 Å². The number of rotatable bonds is 0. The fourth-order valence-corrected chi connectivity index (χ4v) is 0.861. The third-order valence-corrected chi connectivity index (χ3v) is 1.41. The van der Waals surface area contributed by atoms with Gasteiger partial charge in [0.15, 0.2) is 0 Å². The highest BCUT2D eigenvalue weighted by atomic mass is 19.1. The van der Waals surface area contributed by atoms with Crippen LogP contribution < -0.4 is 5.73 Å². The predicted octanol–water partition coefficient (Wildman–Crippen LogP) is 1.72. The van der Waals surface area contributed by atoms with Gasteiger partial charge in [-0.15, -0.1) is 0 Å². The van der Waals surface area contributed by atoms with Gasteiger partial charge in [-0.05, 0) is 18.4 Å². The smallest absolute Gasteiger partial charge is 0.141 e. The molecule has 0 aliphatic heterocycles. The summed E-state index contributed by atoms with van der Waals surface area (Å²) < 4.78 is 12.4. The Morgan fingerprint density at radius 1 is 1.78 bits per heavy atom. The quantitative estimate of drug-likeness (QED) is 0.526. The molecule has 2 heteroatoms. The molecule has 0 bridgehead atoms. The summed E-state index contributed by atoms with van der Waals surface area (Å²) in [4.78, 5) is 0. The van der Waals surface area contributed by atoms with Crippen LogP contribution in [-0.4, -0.2) is 0 Å². The first kappa shape index (κ1) is 6.33. The molecule has 0 saturated heterocycles. The summed E-state index contributed by atoms with van der Waals surface area (Å²) in [5, 5.41) is 0. The molecule has 1 aliphatic carbocycles. The van der Waals surface area contributed by atoms with E-state index in [9.17, 15) is 4.39 Å². The number of nitrogens with two attached hydrogens (primary N) is 1. The van der Waals surface area contributed by atoms with E-state index in [1.165, 1.54) is 6.08 Å². The lowest BCUT2D eigenvalue weighted by molar-refractivity contribution is 0.604. The molecule has 0 radical (unpaired) electrons. The molecular formula is C7H10FN. The lowest BCUT2D eigenvalue weighted by atomic mass is 10.0. The summed E-state index contributed by atoms with van der Waals surface area (Å²) in [6, 6.07) is 0. The lowest BCUT2D eigenvalue weighted by Gasteiger charge is -2.09. The number of halogens is 1. The topological polar surface area (TPSA) is 26.0 Å². The van der Waals surface area contributed by atoms with Crippen LogP contribution in [0.5, 0.6) is 0 Å². The van der Waals surface area contributed by atoms with E-state index in [1.54, 1.807) is 6.08 Å². The Bertz CT molecular complexity index is 170. The van der Waals surface area contributed by atoms with Gasteiger partial charge in [-0.2, -0.15) is 0 Å². The Hall–Kier alpha value is -0.790. The van der Waals surface area contributed by atoms with Gasteiger partial charge >= 0.3 is 0 Å². The van der Waals surface area contributed by atoms with E-state index in [0.717, 1.165) is 6.42 Å². The summed E-state index contributed by atoms with van der Waals surface area (Å²) in [7, 11) is 0. The van der Waals surface area contributed by atoms with Crippen LogP contribution in [0, 0.1) is 5.92 Å². The van der Waals surface area contributed by atoms with E-state index in [-0.39, 0.29) is 11.5 Å². The van der Waals surface area contributed by atoms with E-state index < -0.39 is 0 Å². The fourth-order valence-electron chi connectivity index (χ4n) is 0.861. The second-order valence-corrected chi connectivity index (χ2v) is 2.39. The fraction of sp³-hybridized carbons (Fsp3) is 0.429. The monoisotopic (exact) mass is 127 g/mol. The summed E-state index contributed by atoms with van der Waals surface area (Å²) >= 11 is 0. The highest BCUT2D eigenvalue weighted by molar-refractivity contribution is 5.26. The van der Waals surface area contributed by atoms with E-state index in [1.807, 2.05) is 6.92 Å². The minimum Gasteiger partial charge on any atom is -0.397 e. The summed E-state index contributed by atoms with van der Waals surface area (Å²) in [6.07, 6.45) is 4.04. The zero-order chi connectivity index (χ0) is 6.85. The Morgan fingerprint density at radius 2 is 2.44 bits per heavy atom. The average molecular weight is 127 g/mol. The first-order chi connectivity index (χ1) is 4.20. The maximum atomic E-state index is 12.4. The molecule has 1 aliphatic rings. The molecule has 0 saturated carbocycles. The minimum atomic E-state index is -0.270. The van der Waals surface area contributed by atoms with Crippen molar-refractivity contribution in [1.29, 1.82) is 0 Å². The van der Waals surface area contributed by atoms with Crippen molar-refractivity contribution in [2.24, 2.45) is 11.7 Å². The van der Waals surface area contributed by atoms with E-state index in [2.05, 4.69) is 0 Å². The van der Waals surface area contributed by atoms with Crippen molar-refractivity contribution in [2.45, 2.75) is 13.3 Å². The van der Waals surface area contributed by atoms with E-state index in [4.69, 9.17) is 5.73 Å². The zero-order valence-electron chi connectivity index (χ0n) is 5.39. The Kier molecular flexibility index (Phi) is 1.56. The van der Waals surface area contributed by atoms with Crippen molar-refractivity contribution in [1.82, 2.24) is 0 Å². The second kappa shape index (κ2) is 2.21. The van der Waals surface area contributed by atoms with Crippen molar-refractivity contribution in [2.75, 3.05) is 0 Å². The van der Waals surface area contributed by atoms with Gasteiger partial charge in [0.25, 0.3) is 0 Å². The van der Waals surface area contributed by atoms with Gasteiger partial charge in [-0.3, -0.25) is 0 Å². The van der Waals surface area contributed by atoms with Crippen molar-refractivity contribution in [3.8, 4) is 0 Å². The summed E-state index contributed by atoms with van der Waals surface area (Å²) in [5.74, 6) is 0.123. The van der Waals surface area contributed by atoms with Crippen molar-refractivity contribution in [3.05, 3.63) is 23.7 Å². The molecule has 2 N–H and O–H groups in total. The summed E-state index contributed by atoms with van der Waals surface area (Å²) in [5.41, 5.74) is 5.57. The van der Waals surface area contributed by atoms with Crippen LogP contribution in [0.15, 0.2) is 23.7 Å². The maximum Gasteiger partial charge on any atom is 0.141 e. The van der Waals surface area contributed by atoms with Crippen LogP contribution in [0.4, 0.5) is 4.39 Å². The molecule has 1 nitrogen and oxygen atoms in total. The van der Waals surface area contributed by atoms with Gasteiger partial charge in [0.05, 0.1) is 5.70 Å². The van der Waals surface area contributed by atoms with Crippen LogP contribution in [0.1, 0.15) is 13.3 Å². The molecule has 1 unspecified atom stereocenters. The molecule has 0 spiro atoms. The molecule has 0 heterocycles. The zero-order valence-corrected chi connectivity index (χ0v) is 5.39. The van der Waals surface area contributed by atoms with Crippen LogP contribution in [0.3, 0.4) is 0 Å². The van der Waals surface area contributed by atoms with Crippen LogP contribution in [0.25, 0.3) is 0 Å². The third kappa shape index (κ3) is 1.31. The molecule has 0 aromatic heterocycles. The van der Waals surface area contributed by atoms with Crippen molar-refractivity contribution >= 4 is 0 Å². The number of hydrogen-bond donors (Lipinski definition) is 1. The van der Waals surface area contributed by atoms with Gasteiger partial charge in [-0.25, -0.2) is 4.39 Å². The molecule has 0 fully saturated rings. The Labute approximate surface area is 54.0 Å². The normalized spacial score (nSPS) is 27.1. The number of hydrogen-bond acceptors (Lipinski definition) is 1. The highest BCUT2D eigenvalue weighted by Gasteiger charge is 2.07. The SMILES string of the molecule is CC1C=C(N)C(F)=CC1. The first-order valence-electron chi connectivity index (χ1n) is 3.03. The summed E-state index contributed by atoms with van der Waals surface area (Å²) in [6.45, 7) is 2.01. The Morgan fingerprint density at radius 3 is 2.89 bits per heavy atom. The molecule has 50 valence electrons. The molecule has 1 atom stereocenters.